The molecule has 28 heavy (non-hydrogen) atoms. The van der Waals surface area contributed by atoms with Crippen LogP contribution in [-0.4, -0.2) is 52.3 Å². The molecule has 150 valence electrons. The van der Waals surface area contributed by atoms with Crippen molar-refractivity contribution in [3.63, 3.8) is 0 Å². The minimum atomic E-state index is -1.03. The zero-order valence-corrected chi connectivity index (χ0v) is 17.4. The van der Waals surface area contributed by atoms with Gasteiger partial charge in [0.15, 0.2) is 10.0 Å². The summed E-state index contributed by atoms with van der Waals surface area (Å²) in [5.74, 6) is 0.437. The van der Waals surface area contributed by atoms with E-state index >= 15 is 0 Å². The molecule has 2 aromatic rings. The summed E-state index contributed by atoms with van der Waals surface area (Å²) in [6, 6.07) is 5.40. The number of carboxylic acids is 1. The van der Waals surface area contributed by atoms with Gasteiger partial charge in [0, 0.05) is 29.7 Å². The van der Waals surface area contributed by atoms with Crippen LogP contribution in [0, 0.1) is 6.92 Å². The Bertz CT molecular complexity index is 871. The number of thiazole rings is 1. The van der Waals surface area contributed by atoms with E-state index in [9.17, 15) is 9.59 Å². The topological polar surface area (TPSA) is 106 Å². The molecule has 2 heterocycles. The van der Waals surface area contributed by atoms with Crippen LogP contribution < -0.4 is 10.5 Å². The Kier molecular flexibility index (Phi) is 6.58. The molecular weight excluding hydrogens is 398 g/mol. The van der Waals surface area contributed by atoms with Gasteiger partial charge in [0.2, 0.25) is 5.91 Å². The van der Waals surface area contributed by atoms with Gasteiger partial charge in [-0.05, 0) is 25.0 Å². The highest BCUT2D eigenvalue weighted by Crippen LogP contribution is 2.35. The maximum absolute atomic E-state index is 12.4. The van der Waals surface area contributed by atoms with Crippen molar-refractivity contribution < 1.29 is 19.4 Å². The first-order valence-electron chi connectivity index (χ1n) is 8.92. The lowest BCUT2D eigenvalue weighted by atomic mass is 9.93. The van der Waals surface area contributed by atoms with E-state index in [0.29, 0.717) is 29.5 Å². The summed E-state index contributed by atoms with van der Waals surface area (Å²) in [7, 11) is 1.62. The van der Waals surface area contributed by atoms with Crippen molar-refractivity contribution >= 4 is 35.0 Å². The number of carboxylic acid groups (broad SMARTS) is 1. The van der Waals surface area contributed by atoms with Crippen molar-refractivity contribution in [1.29, 1.82) is 0 Å². The fourth-order valence-electron chi connectivity index (χ4n) is 3.52. The molecule has 0 bridgehead atoms. The maximum atomic E-state index is 12.4. The molecule has 1 aliphatic rings. The minimum absolute atomic E-state index is 0.0521. The van der Waals surface area contributed by atoms with E-state index in [1.165, 1.54) is 28.5 Å². The summed E-state index contributed by atoms with van der Waals surface area (Å²) < 4.78 is 6.17. The minimum Gasteiger partial charge on any atom is -0.496 e. The lowest BCUT2D eigenvalue weighted by molar-refractivity contribution is -0.128. The largest absolute Gasteiger partial charge is 0.496 e. The van der Waals surface area contributed by atoms with Crippen LogP contribution >= 0.6 is 23.1 Å². The fourth-order valence-corrected chi connectivity index (χ4v) is 5.33. The van der Waals surface area contributed by atoms with Crippen LogP contribution in [0.4, 0.5) is 0 Å². The van der Waals surface area contributed by atoms with Crippen molar-refractivity contribution in [3.8, 4) is 5.75 Å². The third kappa shape index (κ3) is 4.31. The second-order valence-electron chi connectivity index (χ2n) is 6.56. The number of amides is 1. The number of likely N-dealkylation sites (tertiary alicyclic amines) is 1. The van der Waals surface area contributed by atoms with E-state index in [0.717, 1.165) is 16.9 Å². The van der Waals surface area contributed by atoms with E-state index in [4.69, 9.17) is 15.6 Å². The van der Waals surface area contributed by atoms with Gasteiger partial charge in [0.1, 0.15) is 5.75 Å². The van der Waals surface area contributed by atoms with Crippen molar-refractivity contribution in [1.82, 2.24) is 9.88 Å². The van der Waals surface area contributed by atoms with Crippen molar-refractivity contribution in [2.24, 2.45) is 5.73 Å². The number of aromatic nitrogens is 1. The third-order valence-corrected chi connectivity index (χ3v) is 6.89. The van der Waals surface area contributed by atoms with Crippen molar-refractivity contribution in [2.45, 2.75) is 36.2 Å². The van der Waals surface area contributed by atoms with Crippen LogP contribution in [0.3, 0.4) is 0 Å². The molecule has 1 saturated heterocycles. The summed E-state index contributed by atoms with van der Waals surface area (Å²) in [6.07, 6.45) is 1.19. The molecule has 3 rings (SSSR count). The van der Waals surface area contributed by atoms with Crippen LogP contribution in [0.25, 0.3) is 0 Å². The molecule has 0 radical (unpaired) electrons. The number of benzene rings is 1. The Labute approximate surface area is 171 Å². The second-order valence-corrected chi connectivity index (χ2v) is 8.76. The molecule has 1 unspecified atom stereocenters. The van der Waals surface area contributed by atoms with Crippen LogP contribution in [-0.2, 0) is 4.79 Å². The van der Waals surface area contributed by atoms with Gasteiger partial charge >= 0.3 is 5.97 Å². The van der Waals surface area contributed by atoms with E-state index < -0.39 is 5.97 Å². The zero-order valence-electron chi connectivity index (χ0n) is 15.8. The van der Waals surface area contributed by atoms with Gasteiger partial charge in [-0.3, -0.25) is 4.79 Å². The molecule has 1 aromatic carbocycles. The quantitative estimate of drug-likeness (QED) is 0.631. The van der Waals surface area contributed by atoms with Crippen LogP contribution in [0.5, 0.6) is 5.75 Å². The molecule has 7 nitrogen and oxygen atoms in total. The monoisotopic (exact) mass is 421 g/mol. The standard InChI is InChI=1S/C19H23N3O4S2/c1-11-4-3-5-14(26-2)16(11)17(20)13-6-7-15(23)22(13)8-9-27-19-21-12(10-28-19)18(24)25/h3-5,10,13,17H,6-9,20H2,1-2H3,(H,24,25)/t13-,17?/m1/s1. The van der Waals surface area contributed by atoms with Gasteiger partial charge in [-0.15, -0.1) is 11.3 Å². The first-order chi connectivity index (χ1) is 13.4. The summed E-state index contributed by atoms with van der Waals surface area (Å²) in [4.78, 5) is 29.3. The molecule has 1 fully saturated rings. The molecule has 1 aromatic heterocycles. The number of aromatic carboxylic acids is 1. The van der Waals surface area contributed by atoms with E-state index in [1.807, 2.05) is 30.0 Å². The fraction of sp³-hybridized carbons (Fsp3) is 0.421. The Hall–Kier alpha value is -2.10. The number of rotatable bonds is 8. The zero-order chi connectivity index (χ0) is 20.3. The van der Waals surface area contributed by atoms with Gasteiger partial charge < -0.3 is 20.5 Å². The van der Waals surface area contributed by atoms with E-state index in [1.54, 1.807) is 7.11 Å². The van der Waals surface area contributed by atoms with Gasteiger partial charge in [-0.25, -0.2) is 9.78 Å². The van der Waals surface area contributed by atoms with Crippen LogP contribution in [0.15, 0.2) is 27.9 Å². The lowest BCUT2D eigenvalue weighted by Crippen LogP contribution is -2.42. The van der Waals surface area contributed by atoms with Crippen molar-refractivity contribution in [2.75, 3.05) is 19.4 Å². The Morgan fingerprint density at radius 1 is 1.54 bits per heavy atom. The number of nitrogens with two attached hydrogens (primary N) is 1. The number of methoxy groups -OCH3 is 1. The number of hydrogen-bond acceptors (Lipinski definition) is 7. The normalized spacial score (nSPS) is 17.8. The summed E-state index contributed by atoms with van der Waals surface area (Å²) in [5, 5.41) is 10.5. The predicted molar refractivity (Wildman–Crippen MR) is 109 cm³/mol. The van der Waals surface area contributed by atoms with Gasteiger partial charge in [0.25, 0.3) is 0 Å². The SMILES string of the molecule is COc1cccc(C)c1C(N)[C@H]1CCC(=O)N1CCSc1nc(C(=O)O)cs1. The molecule has 1 amide bonds. The number of ether oxygens (including phenoxy) is 1. The van der Waals surface area contributed by atoms with Gasteiger partial charge in [-0.1, -0.05) is 23.9 Å². The highest BCUT2D eigenvalue weighted by Gasteiger charge is 2.36. The molecule has 3 N–H and O–H groups in total. The number of carbonyl (C=O) groups excluding carboxylic acids is 1. The third-order valence-electron chi connectivity index (χ3n) is 4.89. The molecule has 1 aliphatic heterocycles. The van der Waals surface area contributed by atoms with E-state index in [-0.39, 0.29) is 23.7 Å². The first kappa shape index (κ1) is 20.6. The summed E-state index contributed by atoms with van der Waals surface area (Å²) in [6.45, 7) is 2.54. The number of hydrogen-bond donors (Lipinski definition) is 2. The summed E-state index contributed by atoms with van der Waals surface area (Å²) >= 11 is 2.75. The number of thioether (sulfide) groups is 1. The number of carbonyl (C=O) groups is 2. The molecular formula is C19H23N3O4S2. The molecule has 9 heteroatoms. The Morgan fingerprint density at radius 3 is 3.00 bits per heavy atom. The van der Waals surface area contributed by atoms with Gasteiger partial charge in [0.05, 0.1) is 19.2 Å². The molecule has 0 aliphatic carbocycles. The molecule has 0 spiro atoms. The molecule has 0 saturated carbocycles. The lowest BCUT2D eigenvalue weighted by Gasteiger charge is -2.31. The smallest absolute Gasteiger partial charge is 0.355 e. The average Bonchev–Trinajstić information content (AvgIpc) is 3.28. The van der Waals surface area contributed by atoms with Crippen LogP contribution in [0.2, 0.25) is 0 Å². The van der Waals surface area contributed by atoms with Crippen molar-refractivity contribution in [3.05, 3.63) is 40.4 Å². The van der Waals surface area contributed by atoms with E-state index in [2.05, 4.69) is 4.98 Å². The number of nitrogens with zero attached hydrogens (tertiary/aromatic N) is 2. The average molecular weight is 422 g/mol. The number of aryl methyl sites for hydroxylation is 1. The summed E-state index contributed by atoms with van der Waals surface area (Å²) in [5.41, 5.74) is 8.63. The van der Waals surface area contributed by atoms with Gasteiger partial charge in [-0.2, -0.15) is 0 Å². The highest BCUT2D eigenvalue weighted by atomic mass is 32.2. The second kappa shape index (κ2) is 8.93. The Balaban J connectivity index is 1.68. The Morgan fingerprint density at radius 2 is 2.32 bits per heavy atom. The van der Waals surface area contributed by atoms with Crippen LogP contribution in [0.1, 0.15) is 40.5 Å². The maximum Gasteiger partial charge on any atom is 0.355 e. The highest BCUT2D eigenvalue weighted by molar-refractivity contribution is 8.01. The molecule has 2 atom stereocenters. The predicted octanol–water partition coefficient (Wildman–Crippen LogP) is 2.94. The first-order valence-corrected chi connectivity index (χ1v) is 10.8.